The lowest BCUT2D eigenvalue weighted by Gasteiger charge is -2.27. The molecule has 0 spiro atoms. The van der Waals surface area contributed by atoms with E-state index >= 15 is 4.39 Å². The summed E-state index contributed by atoms with van der Waals surface area (Å²) in [6.45, 7) is 3.51. The van der Waals surface area contributed by atoms with Crippen molar-refractivity contribution < 1.29 is 14.3 Å². The van der Waals surface area contributed by atoms with Crippen molar-refractivity contribution in [3.63, 3.8) is 0 Å². The van der Waals surface area contributed by atoms with Crippen LogP contribution in [0.3, 0.4) is 0 Å². The van der Waals surface area contributed by atoms with Gasteiger partial charge >= 0.3 is 0 Å². The van der Waals surface area contributed by atoms with Gasteiger partial charge in [-0.2, -0.15) is 0 Å². The number of alkyl halides is 1. The first kappa shape index (κ1) is 18.2. The molecule has 1 saturated carbocycles. The van der Waals surface area contributed by atoms with Crippen molar-refractivity contribution in [1.82, 2.24) is 4.90 Å². The third-order valence-corrected chi connectivity index (χ3v) is 6.30. The summed E-state index contributed by atoms with van der Waals surface area (Å²) in [5.41, 5.74) is 0.557. The molecule has 2 aromatic rings. The molecule has 27 heavy (non-hydrogen) atoms. The Bertz CT molecular complexity index is 791. The molecule has 0 amide bonds. The number of hydrogen-bond acceptors (Lipinski definition) is 3. The summed E-state index contributed by atoms with van der Waals surface area (Å²) in [7, 11) is 0. The highest BCUT2D eigenvalue weighted by Crippen LogP contribution is 2.48. The summed E-state index contributed by atoms with van der Waals surface area (Å²) in [4.78, 5) is 14.9. The van der Waals surface area contributed by atoms with Crippen LogP contribution in [0, 0.1) is 11.8 Å². The first-order valence-corrected chi connectivity index (χ1v) is 9.74. The molecule has 1 aliphatic heterocycles. The summed E-state index contributed by atoms with van der Waals surface area (Å²) >= 11 is 0. The maximum absolute atomic E-state index is 15.4. The number of Topliss-reactive ketones (excluding diaryl/α,β-unsaturated/α-hetero) is 1. The van der Waals surface area contributed by atoms with Crippen LogP contribution in [0.5, 0.6) is 5.75 Å². The summed E-state index contributed by atoms with van der Waals surface area (Å²) in [6.07, 6.45) is 1.66. The number of carbonyl (C=O) groups excluding carboxylic acids is 1. The van der Waals surface area contributed by atoms with Crippen LogP contribution < -0.4 is 0 Å². The highest BCUT2D eigenvalue weighted by Gasteiger charge is 2.50. The Hall–Kier alpha value is -2.20. The van der Waals surface area contributed by atoms with Crippen LogP contribution in [0.25, 0.3) is 0 Å². The molecule has 1 heterocycles. The van der Waals surface area contributed by atoms with E-state index in [1.54, 1.807) is 24.3 Å². The number of phenols is 1. The molecule has 0 radical (unpaired) electrons. The van der Waals surface area contributed by atoms with E-state index in [0.717, 1.165) is 18.7 Å². The molecule has 0 bridgehead atoms. The Balaban J connectivity index is 1.38. The van der Waals surface area contributed by atoms with Crippen LogP contribution in [0.4, 0.5) is 4.39 Å². The average Bonchev–Trinajstić information content (AvgIpc) is 3.16. The Kier molecular flexibility index (Phi) is 4.77. The maximum Gasteiger partial charge on any atom is 0.179 e. The second kappa shape index (κ2) is 7.08. The molecule has 142 valence electrons. The minimum atomic E-state index is -1.12. The Morgan fingerprint density at radius 1 is 1.11 bits per heavy atom. The van der Waals surface area contributed by atoms with E-state index in [4.69, 9.17) is 0 Å². The highest BCUT2D eigenvalue weighted by molar-refractivity contribution is 5.99. The quantitative estimate of drug-likeness (QED) is 0.803. The van der Waals surface area contributed by atoms with Gasteiger partial charge in [0.15, 0.2) is 5.78 Å². The minimum absolute atomic E-state index is 0.0609. The van der Waals surface area contributed by atoms with Gasteiger partial charge in [-0.15, -0.1) is 0 Å². The Labute approximate surface area is 159 Å². The first-order chi connectivity index (χ1) is 12.9. The molecule has 2 aromatic carbocycles. The SMILES string of the molecule is CC(C(=O)c1ccc(O)cc1)N1CC2CC(F)(Cc3ccccc3)C[C@H]2C1. The molecular weight excluding hydrogens is 341 g/mol. The van der Waals surface area contributed by atoms with Gasteiger partial charge in [0.1, 0.15) is 11.4 Å². The molecule has 4 rings (SSSR count). The zero-order valence-electron chi connectivity index (χ0n) is 15.6. The van der Waals surface area contributed by atoms with Gasteiger partial charge in [0.05, 0.1) is 6.04 Å². The standard InChI is InChI=1S/C23H26FNO2/c1-16(22(27)18-7-9-21(26)10-8-18)25-14-19-12-23(24,13-20(19)15-25)11-17-5-3-2-4-6-17/h2-10,16,19-20,26H,11-15H2,1H3/t16?,19-,20?,23?/m0/s1. The average molecular weight is 367 g/mol. The number of aromatic hydroxyl groups is 1. The molecule has 1 saturated heterocycles. The first-order valence-electron chi connectivity index (χ1n) is 9.74. The van der Waals surface area contributed by atoms with Gasteiger partial charge in [0.25, 0.3) is 0 Å². The Morgan fingerprint density at radius 3 is 2.30 bits per heavy atom. The topological polar surface area (TPSA) is 40.5 Å². The zero-order valence-corrected chi connectivity index (χ0v) is 15.6. The van der Waals surface area contributed by atoms with E-state index < -0.39 is 5.67 Å². The zero-order chi connectivity index (χ0) is 19.0. The molecule has 1 aliphatic carbocycles. The number of halogens is 1. The third kappa shape index (κ3) is 3.77. The minimum Gasteiger partial charge on any atom is -0.508 e. The smallest absolute Gasteiger partial charge is 0.179 e. The van der Waals surface area contributed by atoms with Crippen molar-refractivity contribution in [3.8, 4) is 5.75 Å². The lowest BCUT2D eigenvalue weighted by atomic mass is 9.93. The van der Waals surface area contributed by atoms with Crippen LogP contribution >= 0.6 is 0 Å². The van der Waals surface area contributed by atoms with Gasteiger partial charge in [-0.05, 0) is 61.4 Å². The summed E-state index contributed by atoms with van der Waals surface area (Å²) in [5, 5.41) is 9.40. The van der Waals surface area contributed by atoms with Gasteiger partial charge in [-0.25, -0.2) is 4.39 Å². The molecule has 4 atom stereocenters. The summed E-state index contributed by atoms with van der Waals surface area (Å²) in [6, 6.07) is 16.1. The lowest BCUT2D eigenvalue weighted by Crippen LogP contribution is -2.39. The lowest BCUT2D eigenvalue weighted by molar-refractivity contribution is 0.0839. The fourth-order valence-electron chi connectivity index (χ4n) is 4.92. The molecular formula is C23H26FNO2. The highest BCUT2D eigenvalue weighted by atomic mass is 19.1. The van der Waals surface area contributed by atoms with E-state index in [9.17, 15) is 9.90 Å². The number of phenolic OH excluding ortho intramolecular Hbond substituents is 1. The Morgan fingerprint density at radius 2 is 1.70 bits per heavy atom. The number of fused-ring (bicyclic) bond motifs is 1. The van der Waals surface area contributed by atoms with E-state index in [-0.39, 0.29) is 17.6 Å². The number of carbonyl (C=O) groups is 1. The molecule has 2 aliphatic rings. The largest absolute Gasteiger partial charge is 0.508 e. The monoisotopic (exact) mass is 367 g/mol. The fraction of sp³-hybridized carbons (Fsp3) is 0.435. The van der Waals surface area contributed by atoms with Crippen molar-refractivity contribution in [3.05, 3.63) is 65.7 Å². The summed E-state index contributed by atoms with van der Waals surface area (Å²) < 4.78 is 15.4. The van der Waals surface area contributed by atoms with E-state index in [1.807, 2.05) is 37.3 Å². The number of ketones is 1. The van der Waals surface area contributed by atoms with Gasteiger partial charge < -0.3 is 5.11 Å². The van der Waals surface area contributed by atoms with Crippen molar-refractivity contribution in [2.45, 2.75) is 37.9 Å². The number of rotatable bonds is 5. The molecule has 3 unspecified atom stereocenters. The molecule has 4 heteroatoms. The van der Waals surface area contributed by atoms with Crippen LogP contribution in [0.2, 0.25) is 0 Å². The van der Waals surface area contributed by atoms with Gasteiger partial charge in [-0.1, -0.05) is 30.3 Å². The van der Waals surface area contributed by atoms with E-state index in [1.165, 1.54) is 0 Å². The van der Waals surface area contributed by atoms with Crippen LogP contribution in [0.1, 0.15) is 35.7 Å². The van der Waals surface area contributed by atoms with E-state index in [0.29, 0.717) is 36.7 Å². The third-order valence-electron chi connectivity index (χ3n) is 6.30. The van der Waals surface area contributed by atoms with E-state index in [2.05, 4.69) is 4.90 Å². The van der Waals surface area contributed by atoms with Crippen LogP contribution in [0.15, 0.2) is 54.6 Å². The molecule has 2 fully saturated rings. The second-order valence-corrected chi connectivity index (χ2v) is 8.28. The summed E-state index contributed by atoms with van der Waals surface area (Å²) in [5.74, 6) is 0.876. The molecule has 3 nitrogen and oxygen atoms in total. The van der Waals surface area contributed by atoms with Crippen LogP contribution in [-0.4, -0.2) is 40.6 Å². The van der Waals surface area contributed by atoms with Gasteiger partial charge in [0, 0.05) is 25.1 Å². The predicted molar refractivity (Wildman–Crippen MR) is 104 cm³/mol. The van der Waals surface area contributed by atoms with Crippen molar-refractivity contribution >= 4 is 5.78 Å². The second-order valence-electron chi connectivity index (χ2n) is 8.28. The fourth-order valence-corrected chi connectivity index (χ4v) is 4.92. The normalized spacial score (nSPS) is 28.8. The number of benzene rings is 2. The van der Waals surface area contributed by atoms with Crippen molar-refractivity contribution in [1.29, 1.82) is 0 Å². The molecule has 0 aromatic heterocycles. The van der Waals surface area contributed by atoms with Crippen LogP contribution in [-0.2, 0) is 6.42 Å². The van der Waals surface area contributed by atoms with Gasteiger partial charge in [-0.3, -0.25) is 9.69 Å². The predicted octanol–water partition coefficient (Wildman–Crippen LogP) is 4.26. The number of nitrogens with zero attached hydrogens (tertiary/aromatic N) is 1. The number of likely N-dealkylation sites (tertiary alicyclic amines) is 1. The maximum atomic E-state index is 15.4. The molecule has 1 N–H and O–H groups in total. The van der Waals surface area contributed by atoms with Crippen molar-refractivity contribution in [2.75, 3.05) is 13.1 Å². The van der Waals surface area contributed by atoms with Crippen molar-refractivity contribution in [2.24, 2.45) is 11.8 Å². The van der Waals surface area contributed by atoms with Gasteiger partial charge in [0.2, 0.25) is 0 Å². The number of hydrogen-bond donors (Lipinski definition) is 1.